The van der Waals surface area contributed by atoms with E-state index in [4.69, 9.17) is 0 Å². The first-order valence-corrected chi connectivity index (χ1v) is 5.94. The zero-order valence-electron chi connectivity index (χ0n) is 6.71. The largest absolute Gasteiger partial charge is 0.337 e. The molecular formula is C7H5FO4S2. The summed E-state index contributed by atoms with van der Waals surface area (Å²) in [5, 5.41) is 0. The van der Waals surface area contributed by atoms with Gasteiger partial charge < -0.3 is 0 Å². The first-order valence-electron chi connectivity index (χ1n) is 3.38. The standard InChI is InChI=1S/C7H5FO4S2/c8-7(13(9)10)14(11,12)6-4-2-1-3-5-6/h1-5H. The van der Waals surface area contributed by atoms with Crippen LogP contribution in [0, 0.1) is 0 Å². The third-order valence-corrected chi connectivity index (χ3v) is 4.04. The van der Waals surface area contributed by atoms with Crippen molar-refractivity contribution in [3.05, 3.63) is 30.3 Å². The van der Waals surface area contributed by atoms with Crippen molar-refractivity contribution in [2.24, 2.45) is 0 Å². The van der Waals surface area contributed by atoms with Gasteiger partial charge in [-0.3, -0.25) is 0 Å². The number of hydrogen-bond acceptors (Lipinski definition) is 4. The van der Waals surface area contributed by atoms with E-state index >= 15 is 0 Å². The Labute approximate surface area is 81.4 Å². The van der Waals surface area contributed by atoms with E-state index < -0.39 is 24.6 Å². The van der Waals surface area contributed by atoms with Crippen molar-refractivity contribution >= 4 is 24.6 Å². The van der Waals surface area contributed by atoms with Gasteiger partial charge in [0, 0.05) is 0 Å². The minimum Gasteiger partial charge on any atom is -0.215 e. The SMILES string of the molecule is O=S(=O)=C(F)S(=O)(=O)c1ccccc1. The summed E-state index contributed by atoms with van der Waals surface area (Å²) >= 11 is 0. The van der Waals surface area contributed by atoms with Gasteiger partial charge in [0.1, 0.15) is 0 Å². The summed E-state index contributed by atoms with van der Waals surface area (Å²) in [5.41, 5.74) is 0. The first kappa shape index (κ1) is 10.9. The molecule has 0 unspecified atom stereocenters. The average molecular weight is 236 g/mol. The molecule has 76 valence electrons. The lowest BCUT2D eigenvalue weighted by molar-refractivity contribution is 0.601. The molecule has 14 heavy (non-hydrogen) atoms. The second kappa shape index (κ2) is 3.89. The molecule has 0 radical (unpaired) electrons. The first-order chi connectivity index (χ1) is 6.46. The zero-order chi connectivity index (χ0) is 10.8. The summed E-state index contributed by atoms with van der Waals surface area (Å²) in [5.74, 6) is 0. The van der Waals surface area contributed by atoms with Crippen molar-refractivity contribution < 1.29 is 21.2 Å². The van der Waals surface area contributed by atoms with Crippen molar-refractivity contribution in [2.45, 2.75) is 4.90 Å². The van der Waals surface area contributed by atoms with Crippen LogP contribution in [0.4, 0.5) is 4.39 Å². The number of hydrogen-bond donors (Lipinski definition) is 0. The van der Waals surface area contributed by atoms with E-state index in [0.29, 0.717) is 0 Å². The van der Waals surface area contributed by atoms with Gasteiger partial charge in [0.2, 0.25) is 9.84 Å². The van der Waals surface area contributed by atoms with E-state index in [1.807, 2.05) is 0 Å². The Balaban J connectivity index is 3.47. The number of benzene rings is 1. The Hall–Kier alpha value is -1.21. The fraction of sp³-hybridized carbons (Fsp3) is 0. The summed E-state index contributed by atoms with van der Waals surface area (Å²) in [6, 6.07) is 6.50. The average Bonchev–Trinajstić information content (AvgIpc) is 2.18. The molecule has 0 bridgehead atoms. The molecule has 7 heteroatoms. The van der Waals surface area contributed by atoms with E-state index in [9.17, 15) is 21.2 Å². The van der Waals surface area contributed by atoms with Crippen LogP contribution in [0.3, 0.4) is 0 Å². The van der Waals surface area contributed by atoms with Crippen LogP contribution in [-0.4, -0.2) is 21.3 Å². The third kappa shape index (κ3) is 1.99. The molecule has 0 aliphatic heterocycles. The van der Waals surface area contributed by atoms with E-state index in [2.05, 4.69) is 0 Å². The molecule has 1 aromatic carbocycles. The van der Waals surface area contributed by atoms with Crippen LogP contribution in [0.5, 0.6) is 0 Å². The van der Waals surface area contributed by atoms with Gasteiger partial charge in [-0.1, -0.05) is 18.2 Å². The molecule has 0 heterocycles. The van der Waals surface area contributed by atoms with Crippen LogP contribution in [0.1, 0.15) is 0 Å². The van der Waals surface area contributed by atoms with Gasteiger partial charge in [0.05, 0.1) is 4.90 Å². The molecule has 1 rings (SSSR count). The van der Waals surface area contributed by atoms with E-state index in [1.165, 1.54) is 18.2 Å². The van der Waals surface area contributed by atoms with Crippen LogP contribution in [0.2, 0.25) is 0 Å². The van der Waals surface area contributed by atoms with E-state index in [0.717, 1.165) is 12.1 Å². The minimum absolute atomic E-state index is 0.387. The predicted octanol–water partition coefficient (Wildman–Crippen LogP) is 0.396. The maximum Gasteiger partial charge on any atom is 0.337 e. The normalized spacial score (nSPS) is 10.9. The van der Waals surface area contributed by atoms with Crippen LogP contribution in [0.25, 0.3) is 0 Å². The Morgan fingerprint density at radius 3 is 2.07 bits per heavy atom. The topological polar surface area (TPSA) is 68.3 Å². The lowest BCUT2D eigenvalue weighted by Gasteiger charge is -1.96. The van der Waals surface area contributed by atoms with Crippen LogP contribution in [-0.2, 0) is 20.1 Å². The summed E-state index contributed by atoms with van der Waals surface area (Å²) in [6.45, 7) is 0. The highest BCUT2D eigenvalue weighted by atomic mass is 32.2. The number of rotatable bonds is 1. The van der Waals surface area contributed by atoms with Gasteiger partial charge in [0.15, 0.2) is 0 Å². The highest BCUT2D eigenvalue weighted by Crippen LogP contribution is 2.11. The smallest absolute Gasteiger partial charge is 0.215 e. The molecule has 0 aliphatic rings. The predicted molar refractivity (Wildman–Crippen MR) is 48.7 cm³/mol. The second-order valence-corrected chi connectivity index (χ2v) is 5.21. The Bertz CT molecular complexity index is 549. The summed E-state index contributed by atoms with van der Waals surface area (Å²) in [6.07, 6.45) is 0. The molecule has 1 aromatic rings. The lowest BCUT2D eigenvalue weighted by atomic mass is 10.4. The maximum absolute atomic E-state index is 12.7. The second-order valence-electron chi connectivity index (χ2n) is 2.29. The molecular weight excluding hydrogens is 231 g/mol. The van der Waals surface area contributed by atoms with Crippen molar-refractivity contribution in [2.75, 3.05) is 0 Å². The van der Waals surface area contributed by atoms with Crippen molar-refractivity contribution in [3.63, 3.8) is 0 Å². The summed E-state index contributed by atoms with van der Waals surface area (Å²) < 4.78 is 53.2. The molecule has 0 N–H and O–H groups in total. The molecule has 4 nitrogen and oxygen atoms in total. The van der Waals surface area contributed by atoms with Crippen molar-refractivity contribution in [1.29, 1.82) is 0 Å². The van der Waals surface area contributed by atoms with Gasteiger partial charge in [0.25, 0.3) is 10.3 Å². The van der Waals surface area contributed by atoms with Gasteiger partial charge in [-0.25, -0.2) is 8.42 Å². The molecule has 0 atom stereocenters. The Morgan fingerprint density at radius 1 is 1.14 bits per heavy atom. The highest BCUT2D eigenvalue weighted by Gasteiger charge is 2.23. The monoisotopic (exact) mass is 236 g/mol. The van der Waals surface area contributed by atoms with Crippen molar-refractivity contribution in [1.82, 2.24) is 0 Å². The molecule has 0 amide bonds. The van der Waals surface area contributed by atoms with Gasteiger partial charge >= 0.3 is 4.45 Å². The third-order valence-electron chi connectivity index (χ3n) is 1.40. The Kier molecular flexibility index (Phi) is 3.02. The zero-order valence-corrected chi connectivity index (χ0v) is 8.35. The molecule has 0 fully saturated rings. The highest BCUT2D eigenvalue weighted by molar-refractivity contribution is 8.15. The fourth-order valence-electron chi connectivity index (χ4n) is 0.782. The summed E-state index contributed by atoms with van der Waals surface area (Å²) in [4.78, 5) is -0.387. The van der Waals surface area contributed by atoms with Gasteiger partial charge in [-0.05, 0) is 12.1 Å². The molecule has 0 spiro atoms. The quantitative estimate of drug-likeness (QED) is 0.522. The minimum atomic E-state index is -4.50. The van der Waals surface area contributed by atoms with Crippen LogP contribution >= 0.6 is 0 Å². The van der Waals surface area contributed by atoms with Gasteiger partial charge in [-0.15, -0.1) is 0 Å². The molecule has 0 saturated carbocycles. The van der Waals surface area contributed by atoms with Gasteiger partial charge in [-0.2, -0.15) is 12.8 Å². The fourth-order valence-corrected chi connectivity index (χ4v) is 2.49. The molecule has 0 aromatic heterocycles. The number of sulfone groups is 1. The lowest BCUT2D eigenvalue weighted by Crippen LogP contribution is -2.10. The maximum atomic E-state index is 12.7. The van der Waals surface area contributed by atoms with Crippen molar-refractivity contribution in [3.8, 4) is 0 Å². The number of halogens is 1. The molecule has 0 saturated heterocycles. The van der Waals surface area contributed by atoms with Crippen LogP contribution in [0.15, 0.2) is 35.2 Å². The Morgan fingerprint density at radius 2 is 1.64 bits per heavy atom. The van der Waals surface area contributed by atoms with E-state index in [-0.39, 0.29) is 4.90 Å². The molecule has 0 aliphatic carbocycles. The van der Waals surface area contributed by atoms with E-state index in [1.54, 1.807) is 0 Å². The summed E-state index contributed by atoms with van der Waals surface area (Å²) in [7, 11) is -7.87. The van der Waals surface area contributed by atoms with Crippen LogP contribution < -0.4 is 0 Å².